The zero-order valence-electron chi connectivity index (χ0n) is 11.2. The maximum atomic E-state index is 11.0. The summed E-state index contributed by atoms with van der Waals surface area (Å²) < 4.78 is 6.19. The van der Waals surface area contributed by atoms with Crippen molar-refractivity contribution in [3.63, 3.8) is 0 Å². The highest BCUT2D eigenvalue weighted by molar-refractivity contribution is 5.64. The van der Waals surface area contributed by atoms with Gasteiger partial charge in [0.1, 0.15) is 0 Å². The highest BCUT2D eigenvalue weighted by atomic mass is 16.5. The highest BCUT2D eigenvalue weighted by Crippen LogP contribution is 2.20. The topological polar surface area (TPSA) is 49.9 Å². The van der Waals surface area contributed by atoms with Crippen molar-refractivity contribution in [1.29, 1.82) is 0 Å². The van der Waals surface area contributed by atoms with Gasteiger partial charge in [-0.1, -0.05) is 31.2 Å². The first kappa shape index (κ1) is 12.4. The Labute approximate surface area is 116 Å². The summed E-state index contributed by atoms with van der Waals surface area (Å²) in [6.07, 6.45) is 2.41. The molecule has 0 fully saturated rings. The molecule has 0 aliphatic rings. The van der Waals surface area contributed by atoms with Gasteiger partial charge in [-0.15, -0.1) is 0 Å². The van der Waals surface area contributed by atoms with Crippen LogP contribution in [-0.2, 0) is 6.42 Å². The molecule has 0 amide bonds. The van der Waals surface area contributed by atoms with Crippen LogP contribution in [-0.4, -0.2) is 5.27 Å². The van der Waals surface area contributed by atoms with Gasteiger partial charge in [-0.3, -0.25) is 4.52 Å². The summed E-state index contributed by atoms with van der Waals surface area (Å²) in [6.45, 7) is 2.15. The van der Waals surface area contributed by atoms with Crippen LogP contribution < -0.4 is 10.3 Å². The summed E-state index contributed by atoms with van der Waals surface area (Å²) in [5, 5.41) is 2.53. The van der Waals surface area contributed by atoms with Crippen molar-refractivity contribution >= 4 is 0 Å². The van der Waals surface area contributed by atoms with Gasteiger partial charge in [0.2, 0.25) is 5.69 Å². The Kier molecular flexibility index (Phi) is 3.21. The number of aryl methyl sites for hydroxylation is 1. The summed E-state index contributed by atoms with van der Waals surface area (Å²) in [7, 11) is 0. The van der Waals surface area contributed by atoms with E-state index in [4.69, 9.17) is 0 Å². The number of H-pyrrole nitrogens is 1. The Hall–Kier alpha value is -2.62. The fourth-order valence-corrected chi connectivity index (χ4v) is 2.13. The fraction of sp³-hybridized carbons (Fsp3) is 0.125. The lowest BCUT2D eigenvalue weighted by molar-refractivity contribution is -0.670. The van der Waals surface area contributed by atoms with Crippen molar-refractivity contribution in [2.45, 2.75) is 13.3 Å². The van der Waals surface area contributed by atoms with Crippen molar-refractivity contribution < 1.29 is 9.20 Å². The summed E-state index contributed by atoms with van der Waals surface area (Å²) in [4.78, 5) is 11.0. The minimum Gasteiger partial charge on any atom is -0.283 e. The third-order valence-electron chi connectivity index (χ3n) is 3.32. The van der Waals surface area contributed by atoms with Gasteiger partial charge in [0, 0.05) is 12.1 Å². The molecular weight excluding hydrogens is 252 g/mol. The smallest absolute Gasteiger partial charge is 0.283 e. The Morgan fingerprint density at radius 2 is 1.60 bits per heavy atom. The van der Waals surface area contributed by atoms with E-state index >= 15 is 0 Å². The third-order valence-corrected chi connectivity index (χ3v) is 3.32. The first-order valence-electron chi connectivity index (χ1n) is 6.56. The van der Waals surface area contributed by atoms with Gasteiger partial charge in [0.15, 0.2) is 0 Å². The maximum Gasteiger partial charge on any atom is 0.427 e. The summed E-state index contributed by atoms with van der Waals surface area (Å²) in [5.41, 5.74) is 4.10. The number of hydrogen-bond acceptors (Lipinski definition) is 2. The first-order chi connectivity index (χ1) is 9.76. The number of aromatic nitrogens is 2. The molecule has 0 radical (unpaired) electrons. The minimum atomic E-state index is -0.399. The van der Waals surface area contributed by atoms with Crippen LogP contribution in [0.2, 0.25) is 0 Å². The molecule has 0 unspecified atom stereocenters. The maximum absolute atomic E-state index is 11.0. The molecule has 20 heavy (non-hydrogen) atoms. The third kappa shape index (κ3) is 2.40. The van der Waals surface area contributed by atoms with Gasteiger partial charge in [0.05, 0.1) is 0 Å². The van der Waals surface area contributed by atoms with E-state index in [0.29, 0.717) is 0 Å². The van der Waals surface area contributed by atoms with Crippen LogP contribution >= 0.6 is 0 Å². The van der Waals surface area contributed by atoms with Crippen LogP contribution in [0.25, 0.3) is 16.8 Å². The van der Waals surface area contributed by atoms with Gasteiger partial charge in [0.25, 0.3) is 6.20 Å². The van der Waals surface area contributed by atoms with Gasteiger partial charge >= 0.3 is 5.63 Å². The molecule has 1 heterocycles. The molecule has 100 valence electrons. The second-order valence-electron chi connectivity index (χ2n) is 4.61. The average Bonchev–Trinajstić information content (AvgIpc) is 2.94. The number of aromatic amines is 1. The molecule has 0 saturated heterocycles. The summed E-state index contributed by atoms with van der Waals surface area (Å²) in [6, 6.07) is 16.5. The second kappa shape index (κ2) is 5.17. The lowest BCUT2D eigenvalue weighted by Gasteiger charge is -2.02. The van der Waals surface area contributed by atoms with Crippen LogP contribution in [0.4, 0.5) is 0 Å². The van der Waals surface area contributed by atoms with Gasteiger partial charge in [-0.2, -0.15) is 0 Å². The predicted octanol–water partition coefficient (Wildman–Crippen LogP) is 2.47. The Morgan fingerprint density at radius 3 is 2.10 bits per heavy atom. The lowest BCUT2D eigenvalue weighted by Crippen LogP contribution is -2.31. The first-order valence-corrected chi connectivity index (χ1v) is 6.56. The van der Waals surface area contributed by atoms with Crippen LogP contribution in [0, 0.1) is 0 Å². The molecule has 3 rings (SSSR count). The van der Waals surface area contributed by atoms with Crippen LogP contribution in [0.3, 0.4) is 0 Å². The molecule has 4 heteroatoms. The zero-order chi connectivity index (χ0) is 13.9. The molecule has 2 aromatic carbocycles. The fourth-order valence-electron chi connectivity index (χ4n) is 2.13. The Bertz CT molecular complexity index is 752. The number of rotatable bonds is 3. The summed E-state index contributed by atoms with van der Waals surface area (Å²) in [5.74, 6) is 0. The van der Waals surface area contributed by atoms with Crippen LogP contribution in [0.5, 0.6) is 0 Å². The molecule has 3 aromatic rings. The number of benzene rings is 2. The lowest BCUT2D eigenvalue weighted by atomic mass is 10.0. The van der Waals surface area contributed by atoms with Crippen LogP contribution in [0.1, 0.15) is 12.5 Å². The molecule has 0 atom stereocenters. The van der Waals surface area contributed by atoms with Crippen molar-refractivity contribution in [3.05, 3.63) is 70.7 Å². The molecule has 0 bridgehead atoms. The molecule has 0 spiro atoms. The normalized spacial score (nSPS) is 10.7. The van der Waals surface area contributed by atoms with Crippen LogP contribution in [0.15, 0.2) is 64.0 Å². The second-order valence-corrected chi connectivity index (χ2v) is 4.61. The van der Waals surface area contributed by atoms with E-state index in [2.05, 4.69) is 41.0 Å². The number of hydrogen-bond donors (Lipinski definition) is 1. The van der Waals surface area contributed by atoms with Crippen molar-refractivity contribution in [1.82, 2.24) is 5.27 Å². The van der Waals surface area contributed by atoms with E-state index in [-0.39, 0.29) is 0 Å². The average molecular weight is 267 g/mol. The molecule has 1 aromatic heterocycles. The van der Waals surface area contributed by atoms with Gasteiger partial charge in [-0.25, -0.2) is 4.79 Å². The van der Waals surface area contributed by atoms with Crippen molar-refractivity contribution in [2.24, 2.45) is 0 Å². The van der Waals surface area contributed by atoms with E-state index in [9.17, 15) is 4.79 Å². The van der Waals surface area contributed by atoms with E-state index in [1.807, 2.05) is 24.3 Å². The molecule has 0 aliphatic carbocycles. The summed E-state index contributed by atoms with van der Waals surface area (Å²) >= 11 is 0. The Balaban J connectivity index is 1.90. The Morgan fingerprint density at radius 1 is 1.00 bits per heavy atom. The molecule has 4 nitrogen and oxygen atoms in total. The van der Waals surface area contributed by atoms with Gasteiger partial charge in [-0.05, 0) is 45.2 Å². The monoisotopic (exact) mass is 267 g/mol. The van der Waals surface area contributed by atoms with Gasteiger partial charge < -0.3 is 0 Å². The quantitative estimate of drug-likeness (QED) is 0.741. The molecule has 0 aliphatic heterocycles. The minimum absolute atomic E-state index is 0.399. The molecule has 1 N–H and O–H groups in total. The number of nitrogens with zero attached hydrogens (tertiary/aromatic N) is 1. The zero-order valence-corrected chi connectivity index (χ0v) is 11.2. The van der Waals surface area contributed by atoms with E-state index in [1.165, 1.54) is 17.3 Å². The predicted molar refractivity (Wildman–Crippen MR) is 75.7 cm³/mol. The molecular formula is C16H15N2O2+. The number of nitrogens with one attached hydrogen (secondary N) is 1. The van der Waals surface area contributed by atoms with E-state index < -0.39 is 5.63 Å². The van der Waals surface area contributed by atoms with Crippen molar-refractivity contribution in [3.8, 4) is 16.8 Å². The molecule has 0 saturated carbocycles. The van der Waals surface area contributed by atoms with E-state index in [0.717, 1.165) is 17.7 Å². The van der Waals surface area contributed by atoms with E-state index in [1.54, 1.807) is 4.68 Å². The van der Waals surface area contributed by atoms with Crippen molar-refractivity contribution in [2.75, 3.05) is 0 Å². The largest absolute Gasteiger partial charge is 0.427 e. The highest BCUT2D eigenvalue weighted by Gasteiger charge is 2.10. The standard InChI is InChI=1S/C16H14N2O2/c1-2-12-3-5-13(6-4-12)14-7-9-15(10-8-14)18-11-16(19)20-17-18/h3-11H,2H2,1H3/p+1. The SMILES string of the molecule is CCc1ccc(-c2ccc(-[n+]3cc(=O)o[nH]3)cc2)cc1.